The molecular formula is C14H22N2O. The van der Waals surface area contributed by atoms with E-state index >= 15 is 0 Å². The largest absolute Gasteiger partial charge is 0.497 e. The highest BCUT2D eigenvalue weighted by atomic mass is 16.5. The minimum absolute atomic E-state index is 0.130. The van der Waals surface area contributed by atoms with Crippen LogP contribution in [0.4, 0.5) is 0 Å². The smallest absolute Gasteiger partial charge is 0.119 e. The van der Waals surface area contributed by atoms with Crippen molar-refractivity contribution in [2.45, 2.75) is 25.3 Å². The Kier molecular flexibility index (Phi) is 4.40. The Labute approximate surface area is 103 Å². The first-order chi connectivity index (χ1) is 8.31. The molecule has 1 aliphatic rings. The maximum absolute atomic E-state index is 6.38. The number of ether oxygens (including phenoxy) is 1. The molecule has 2 rings (SSSR count). The standard InChI is InChI=1S/C14H22N2O/c1-17-13-6-2-4-12(10-13)14(15)11-5-3-8-16-9-7-11/h2,4,6,10-11,14,16H,3,5,7-9,15H2,1H3. The number of methoxy groups -OCH3 is 1. The lowest BCUT2D eigenvalue weighted by atomic mass is 9.88. The zero-order chi connectivity index (χ0) is 12.1. The van der Waals surface area contributed by atoms with Gasteiger partial charge in [-0.3, -0.25) is 0 Å². The maximum atomic E-state index is 6.38. The van der Waals surface area contributed by atoms with Crippen LogP contribution in [0.5, 0.6) is 5.75 Å². The summed E-state index contributed by atoms with van der Waals surface area (Å²) in [4.78, 5) is 0. The summed E-state index contributed by atoms with van der Waals surface area (Å²) in [7, 11) is 1.69. The lowest BCUT2D eigenvalue weighted by Gasteiger charge is -2.22. The molecule has 0 aliphatic carbocycles. The van der Waals surface area contributed by atoms with Gasteiger partial charge < -0.3 is 15.8 Å². The van der Waals surface area contributed by atoms with Crippen LogP contribution in [0.25, 0.3) is 0 Å². The predicted octanol–water partition coefficient (Wildman–Crippen LogP) is 2.08. The lowest BCUT2D eigenvalue weighted by molar-refractivity contribution is 0.386. The summed E-state index contributed by atoms with van der Waals surface area (Å²) < 4.78 is 5.25. The number of hydrogen-bond acceptors (Lipinski definition) is 3. The number of nitrogens with one attached hydrogen (secondary N) is 1. The van der Waals surface area contributed by atoms with Crippen molar-refractivity contribution in [2.24, 2.45) is 11.7 Å². The Bertz CT molecular complexity index is 346. The second-order valence-corrected chi connectivity index (χ2v) is 4.74. The van der Waals surface area contributed by atoms with Gasteiger partial charge >= 0.3 is 0 Å². The van der Waals surface area contributed by atoms with E-state index in [9.17, 15) is 0 Å². The van der Waals surface area contributed by atoms with E-state index in [0.29, 0.717) is 5.92 Å². The van der Waals surface area contributed by atoms with Gasteiger partial charge in [0.15, 0.2) is 0 Å². The Morgan fingerprint density at radius 2 is 2.24 bits per heavy atom. The molecular weight excluding hydrogens is 212 g/mol. The van der Waals surface area contributed by atoms with Gasteiger partial charge in [0.1, 0.15) is 5.75 Å². The van der Waals surface area contributed by atoms with Crippen molar-refractivity contribution in [2.75, 3.05) is 20.2 Å². The van der Waals surface area contributed by atoms with Gasteiger partial charge in [0, 0.05) is 6.04 Å². The Morgan fingerprint density at radius 3 is 3.06 bits per heavy atom. The summed E-state index contributed by atoms with van der Waals surface area (Å²) in [6.45, 7) is 2.21. The first-order valence-electron chi connectivity index (χ1n) is 6.41. The zero-order valence-corrected chi connectivity index (χ0v) is 10.5. The summed E-state index contributed by atoms with van der Waals surface area (Å²) in [5.74, 6) is 1.47. The fourth-order valence-corrected chi connectivity index (χ4v) is 2.53. The van der Waals surface area contributed by atoms with Crippen molar-refractivity contribution in [3.05, 3.63) is 29.8 Å². The highest BCUT2D eigenvalue weighted by Gasteiger charge is 2.20. The molecule has 1 fully saturated rings. The summed E-state index contributed by atoms with van der Waals surface area (Å²) in [6, 6.07) is 8.27. The van der Waals surface area contributed by atoms with Crippen molar-refractivity contribution in [3.8, 4) is 5.75 Å². The van der Waals surface area contributed by atoms with E-state index in [1.807, 2.05) is 12.1 Å². The first kappa shape index (κ1) is 12.4. The average Bonchev–Trinajstić information content (AvgIpc) is 2.67. The van der Waals surface area contributed by atoms with Gasteiger partial charge in [-0.25, -0.2) is 0 Å². The monoisotopic (exact) mass is 234 g/mol. The Morgan fingerprint density at radius 1 is 1.35 bits per heavy atom. The van der Waals surface area contributed by atoms with Crippen LogP contribution in [0.15, 0.2) is 24.3 Å². The third-order valence-corrected chi connectivity index (χ3v) is 3.61. The molecule has 0 amide bonds. The molecule has 2 unspecified atom stereocenters. The van der Waals surface area contributed by atoms with Gasteiger partial charge in [0.25, 0.3) is 0 Å². The Balaban J connectivity index is 2.08. The SMILES string of the molecule is COc1cccc(C(N)C2CCCNCC2)c1. The fourth-order valence-electron chi connectivity index (χ4n) is 2.53. The van der Waals surface area contributed by atoms with Crippen LogP contribution in [0.1, 0.15) is 30.9 Å². The van der Waals surface area contributed by atoms with Gasteiger partial charge in [0.2, 0.25) is 0 Å². The number of rotatable bonds is 3. The van der Waals surface area contributed by atoms with E-state index < -0.39 is 0 Å². The molecule has 3 nitrogen and oxygen atoms in total. The first-order valence-corrected chi connectivity index (χ1v) is 6.41. The number of benzene rings is 1. The van der Waals surface area contributed by atoms with Crippen molar-refractivity contribution in [1.29, 1.82) is 0 Å². The lowest BCUT2D eigenvalue weighted by Crippen LogP contribution is -2.22. The zero-order valence-electron chi connectivity index (χ0n) is 10.5. The van der Waals surface area contributed by atoms with Crippen LogP contribution >= 0.6 is 0 Å². The predicted molar refractivity (Wildman–Crippen MR) is 70.1 cm³/mol. The topological polar surface area (TPSA) is 47.3 Å². The fraction of sp³-hybridized carbons (Fsp3) is 0.571. The van der Waals surface area contributed by atoms with Crippen LogP contribution in [0.2, 0.25) is 0 Å². The van der Waals surface area contributed by atoms with Crippen LogP contribution in [0.3, 0.4) is 0 Å². The minimum Gasteiger partial charge on any atom is -0.497 e. The molecule has 1 heterocycles. The molecule has 0 saturated carbocycles. The van der Waals surface area contributed by atoms with Gasteiger partial charge in [-0.2, -0.15) is 0 Å². The van der Waals surface area contributed by atoms with E-state index in [1.54, 1.807) is 7.11 Å². The third kappa shape index (κ3) is 3.20. The molecule has 2 atom stereocenters. The minimum atomic E-state index is 0.130. The third-order valence-electron chi connectivity index (χ3n) is 3.61. The van der Waals surface area contributed by atoms with E-state index in [4.69, 9.17) is 10.5 Å². The average molecular weight is 234 g/mol. The van der Waals surface area contributed by atoms with E-state index in [-0.39, 0.29) is 6.04 Å². The molecule has 17 heavy (non-hydrogen) atoms. The van der Waals surface area contributed by atoms with E-state index in [1.165, 1.54) is 24.8 Å². The summed E-state index contributed by atoms with van der Waals surface area (Å²) in [6.07, 6.45) is 3.60. The molecule has 0 radical (unpaired) electrons. The quantitative estimate of drug-likeness (QED) is 0.842. The summed E-state index contributed by atoms with van der Waals surface area (Å²) in [5.41, 5.74) is 7.57. The molecule has 3 N–H and O–H groups in total. The second kappa shape index (κ2) is 6.03. The molecule has 3 heteroatoms. The van der Waals surface area contributed by atoms with Crippen LogP contribution < -0.4 is 15.8 Å². The van der Waals surface area contributed by atoms with Gasteiger partial charge in [-0.05, 0) is 56.0 Å². The van der Waals surface area contributed by atoms with Crippen LogP contribution in [-0.4, -0.2) is 20.2 Å². The molecule has 0 aromatic heterocycles. The van der Waals surface area contributed by atoms with Crippen LogP contribution in [-0.2, 0) is 0 Å². The van der Waals surface area contributed by atoms with Gasteiger partial charge in [-0.1, -0.05) is 12.1 Å². The normalized spacial score (nSPS) is 22.8. The van der Waals surface area contributed by atoms with E-state index in [2.05, 4.69) is 17.4 Å². The van der Waals surface area contributed by atoms with Crippen molar-refractivity contribution in [1.82, 2.24) is 5.32 Å². The second-order valence-electron chi connectivity index (χ2n) is 4.74. The Hall–Kier alpha value is -1.06. The number of hydrogen-bond donors (Lipinski definition) is 2. The van der Waals surface area contributed by atoms with Crippen molar-refractivity contribution < 1.29 is 4.74 Å². The molecule has 1 aromatic rings. The highest BCUT2D eigenvalue weighted by molar-refractivity contribution is 5.30. The molecule has 1 aliphatic heterocycles. The van der Waals surface area contributed by atoms with Gasteiger partial charge in [0.05, 0.1) is 7.11 Å². The molecule has 1 saturated heterocycles. The van der Waals surface area contributed by atoms with E-state index in [0.717, 1.165) is 18.8 Å². The van der Waals surface area contributed by atoms with Crippen LogP contribution in [0, 0.1) is 5.92 Å². The van der Waals surface area contributed by atoms with Crippen molar-refractivity contribution in [3.63, 3.8) is 0 Å². The number of nitrogens with two attached hydrogens (primary N) is 1. The molecule has 0 spiro atoms. The van der Waals surface area contributed by atoms with Crippen molar-refractivity contribution >= 4 is 0 Å². The van der Waals surface area contributed by atoms with Gasteiger partial charge in [-0.15, -0.1) is 0 Å². The summed E-state index contributed by atoms with van der Waals surface area (Å²) in [5, 5.41) is 3.43. The maximum Gasteiger partial charge on any atom is 0.119 e. The molecule has 94 valence electrons. The highest BCUT2D eigenvalue weighted by Crippen LogP contribution is 2.29. The molecule has 1 aromatic carbocycles. The summed E-state index contributed by atoms with van der Waals surface area (Å²) >= 11 is 0. The molecule has 0 bridgehead atoms.